The Labute approximate surface area is 233 Å². The lowest BCUT2D eigenvalue weighted by atomic mass is 10.1. The number of halogens is 1. The fourth-order valence-corrected chi connectivity index (χ4v) is 4.49. The third-order valence-electron chi connectivity index (χ3n) is 6.85. The number of aryl methyl sites for hydroxylation is 1. The minimum atomic E-state index is -0.704. The summed E-state index contributed by atoms with van der Waals surface area (Å²) in [6, 6.07) is 9.04. The number of nitrogens with one attached hydrogen (secondary N) is 1. The minimum Gasteiger partial charge on any atom is -0.383 e. The van der Waals surface area contributed by atoms with Gasteiger partial charge < -0.3 is 15.8 Å². The molecule has 0 saturated carbocycles. The Morgan fingerprint density at radius 3 is 2.59 bits per heavy atom. The predicted octanol–water partition coefficient (Wildman–Crippen LogP) is 3.41. The van der Waals surface area contributed by atoms with Crippen molar-refractivity contribution >= 4 is 28.4 Å². The molecule has 0 atom stereocenters. The van der Waals surface area contributed by atoms with Crippen molar-refractivity contribution in [1.82, 2.24) is 34.5 Å². The Balaban J connectivity index is 1.35. The van der Waals surface area contributed by atoms with Crippen LogP contribution in [0.2, 0.25) is 0 Å². The van der Waals surface area contributed by atoms with Crippen LogP contribution in [0.3, 0.4) is 0 Å². The van der Waals surface area contributed by atoms with Crippen LogP contribution < -0.4 is 16.6 Å². The van der Waals surface area contributed by atoms with E-state index >= 15 is 4.39 Å². The molecule has 5 heterocycles. The largest absolute Gasteiger partial charge is 0.383 e. The first kappa shape index (κ1) is 26.2. The molecule has 1 fully saturated rings. The highest BCUT2D eigenvalue weighted by molar-refractivity contribution is 6.04. The molecule has 0 unspecified atom stereocenters. The molecule has 12 nitrogen and oxygen atoms in total. The lowest BCUT2D eigenvalue weighted by molar-refractivity contribution is -0.0268. The number of hydrogen-bond acceptors (Lipinski definition) is 9. The number of nitrogens with zero attached hydrogens (tertiary/aromatic N) is 7. The van der Waals surface area contributed by atoms with Crippen molar-refractivity contribution in [2.75, 3.05) is 24.3 Å². The molecule has 6 rings (SSSR count). The van der Waals surface area contributed by atoms with Crippen LogP contribution in [0.25, 0.3) is 28.1 Å². The number of hydrogen-bond donors (Lipinski definition) is 2. The van der Waals surface area contributed by atoms with Gasteiger partial charge in [0.25, 0.3) is 11.5 Å². The van der Waals surface area contributed by atoms with Crippen molar-refractivity contribution in [3.8, 4) is 17.1 Å². The quantitative estimate of drug-likeness (QED) is 0.321. The van der Waals surface area contributed by atoms with Crippen LogP contribution in [0.5, 0.6) is 0 Å². The van der Waals surface area contributed by atoms with E-state index in [9.17, 15) is 9.59 Å². The molecule has 1 aromatic carbocycles. The zero-order valence-electron chi connectivity index (χ0n) is 22.5. The van der Waals surface area contributed by atoms with Crippen molar-refractivity contribution in [2.24, 2.45) is 0 Å². The van der Waals surface area contributed by atoms with Crippen molar-refractivity contribution in [2.45, 2.75) is 32.7 Å². The molecule has 1 aliphatic rings. The Hall–Kier alpha value is -5.04. The van der Waals surface area contributed by atoms with Crippen molar-refractivity contribution in [3.63, 3.8) is 0 Å². The fourth-order valence-electron chi connectivity index (χ4n) is 4.49. The summed E-state index contributed by atoms with van der Waals surface area (Å²) in [4.78, 5) is 39.2. The minimum absolute atomic E-state index is 0.0441. The maximum absolute atomic E-state index is 15.5. The van der Waals surface area contributed by atoms with Crippen LogP contribution in [0.1, 0.15) is 47.4 Å². The van der Waals surface area contributed by atoms with E-state index in [0.29, 0.717) is 29.9 Å². The molecule has 13 heteroatoms. The smallest absolute Gasteiger partial charge is 0.285 e. The summed E-state index contributed by atoms with van der Waals surface area (Å²) in [5.74, 6) is -0.971. The van der Waals surface area contributed by atoms with Gasteiger partial charge >= 0.3 is 0 Å². The van der Waals surface area contributed by atoms with E-state index in [0.717, 1.165) is 16.3 Å². The SMILES string of the molecule is Cc1ccc(-n2nc(C(C)C)cc(C(=O)Nc3ccc(-c4nn(C5COC5)c5ncnc(N)c45)c(F)c3)c2=O)nc1. The van der Waals surface area contributed by atoms with Crippen LogP contribution >= 0.6 is 0 Å². The summed E-state index contributed by atoms with van der Waals surface area (Å²) in [7, 11) is 0. The van der Waals surface area contributed by atoms with Crippen LogP contribution in [-0.2, 0) is 4.74 Å². The Kier molecular flexibility index (Phi) is 6.50. The van der Waals surface area contributed by atoms with Gasteiger partial charge in [-0.2, -0.15) is 14.9 Å². The molecule has 3 N–H and O–H groups in total. The first-order valence-corrected chi connectivity index (χ1v) is 13.0. The number of benzene rings is 1. The van der Waals surface area contributed by atoms with Gasteiger partial charge in [-0.15, -0.1) is 0 Å². The number of carbonyl (C=O) groups excluding carboxylic acids is 1. The zero-order chi connectivity index (χ0) is 28.8. The number of aromatic nitrogens is 7. The second kappa shape index (κ2) is 10.2. The third-order valence-corrected chi connectivity index (χ3v) is 6.85. The third kappa shape index (κ3) is 4.69. The highest BCUT2D eigenvalue weighted by Gasteiger charge is 2.28. The normalized spacial score (nSPS) is 13.5. The van der Waals surface area contributed by atoms with Crippen LogP contribution in [0.15, 0.2) is 53.7 Å². The average Bonchev–Trinajstić information content (AvgIpc) is 3.28. The Morgan fingerprint density at radius 2 is 1.93 bits per heavy atom. The predicted molar refractivity (Wildman–Crippen MR) is 149 cm³/mol. The van der Waals surface area contributed by atoms with Gasteiger partial charge in [-0.1, -0.05) is 19.9 Å². The first-order chi connectivity index (χ1) is 19.7. The van der Waals surface area contributed by atoms with E-state index in [4.69, 9.17) is 10.5 Å². The van der Waals surface area contributed by atoms with Gasteiger partial charge in [0, 0.05) is 17.4 Å². The molecule has 1 saturated heterocycles. The van der Waals surface area contributed by atoms with Gasteiger partial charge in [-0.3, -0.25) is 9.59 Å². The van der Waals surface area contributed by atoms with Gasteiger partial charge in [0.15, 0.2) is 11.5 Å². The molecule has 0 bridgehead atoms. The van der Waals surface area contributed by atoms with E-state index < -0.39 is 17.3 Å². The molecule has 0 spiro atoms. The van der Waals surface area contributed by atoms with E-state index in [2.05, 4.69) is 30.5 Å². The van der Waals surface area contributed by atoms with E-state index in [1.165, 1.54) is 24.5 Å². The average molecular weight is 556 g/mol. The fraction of sp³-hybridized carbons (Fsp3) is 0.250. The Bertz CT molecular complexity index is 1860. The van der Waals surface area contributed by atoms with Crippen molar-refractivity contribution < 1.29 is 13.9 Å². The summed E-state index contributed by atoms with van der Waals surface area (Å²) in [6.07, 6.45) is 2.95. The second-order valence-corrected chi connectivity index (χ2v) is 10.1. The molecule has 208 valence electrons. The van der Waals surface area contributed by atoms with Gasteiger partial charge in [0.1, 0.15) is 35.3 Å². The molecule has 0 radical (unpaired) electrons. The summed E-state index contributed by atoms with van der Waals surface area (Å²) < 4.78 is 23.6. The molecule has 4 aromatic heterocycles. The number of anilines is 2. The van der Waals surface area contributed by atoms with Gasteiger partial charge in [-0.25, -0.2) is 24.0 Å². The number of ether oxygens (including phenoxy) is 1. The van der Waals surface area contributed by atoms with Crippen LogP contribution in [0.4, 0.5) is 15.9 Å². The van der Waals surface area contributed by atoms with Gasteiger partial charge in [0.05, 0.1) is 24.3 Å². The molecular weight excluding hydrogens is 529 g/mol. The van der Waals surface area contributed by atoms with Crippen molar-refractivity contribution in [1.29, 1.82) is 0 Å². The highest BCUT2D eigenvalue weighted by atomic mass is 19.1. The van der Waals surface area contributed by atoms with Gasteiger partial charge in [0.2, 0.25) is 0 Å². The molecule has 1 amide bonds. The standard InChI is InChI=1S/C28H26FN9O3/c1-14(2)21-9-19(28(40)38(35-21)22-7-4-15(3)10-31-22)27(39)34-16-5-6-18(20(29)8-16)24-23-25(30)32-13-33-26(23)37(36-24)17-11-41-12-17/h4-10,13-14,17H,11-12H2,1-3H3,(H,34,39)(H2,30,32,33). The summed E-state index contributed by atoms with van der Waals surface area (Å²) >= 11 is 0. The topological polar surface area (TPSA) is 156 Å². The summed E-state index contributed by atoms with van der Waals surface area (Å²) in [5, 5.41) is 12.1. The van der Waals surface area contributed by atoms with E-state index in [-0.39, 0.29) is 46.1 Å². The molecule has 1 aliphatic heterocycles. The van der Waals surface area contributed by atoms with Crippen molar-refractivity contribution in [3.05, 3.63) is 81.9 Å². The number of fused-ring (bicyclic) bond motifs is 1. The number of pyridine rings is 1. The number of carbonyl (C=O) groups is 1. The zero-order valence-corrected chi connectivity index (χ0v) is 22.5. The number of amides is 1. The highest BCUT2D eigenvalue weighted by Crippen LogP contribution is 2.35. The molecule has 5 aromatic rings. The maximum Gasteiger partial charge on any atom is 0.285 e. The summed E-state index contributed by atoms with van der Waals surface area (Å²) in [6.45, 7) is 6.60. The number of nitrogen functional groups attached to an aromatic ring is 1. The second-order valence-electron chi connectivity index (χ2n) is 10.1. The monoisotopic (exact) mass is 555 g/mol. The number of nitrogens with two attached hydrogens (primary N) is 1. The Morgan fingerprint density at radius 1 is 1.12 bits per heavy atom. The van der Waals surface area contributed by atoms with Crippen LogP contribution in [0, 0.1) is 12.7 Å². The van der Waals surface area contributed by atoms with E-state index in [1.807, 2.05) is 20.8 Å². The summed E-state index contributed by atoms with van der Waals surface area (Å²) in [5.41, 5.74) is 7.85. The van der Waals surface area contributed by atoms with Crippen LogP contribution in [-0.4, -0.2) is 53.6 Å². The molecule has 41 heavy (non-hydrogen) atoms. The van der Waals surface area contributed by atoms with Gasteiger partial charge in [-0.05, 0) is 48.7 Å². The van der Waals surface area contributed by atoms with E-state index in [1.54, 1.807) is 23.0 Å². The lowest BCUT2D eigenvalue weighted by Gasteiger charge is -2.26. The molecule has 0 aliphatic carbocycles. The maximum atomic E-state index is 15.5. The number of rotatable bonds is 6. The first-order valence-electron chi connectivity index (χ1n) is 13.0. The molecular formula is C28H26FN9O3. The lowest BCUT2D eigenvalue weighted by Crippen LogP contribution is -2.31.